The molecule has 1 aliphatic rings. The van der Waals surface area contributed by atoms with Gasteiger partial charge in [-0.05, 0) is 55.4 Å². The van der Waals surface area contributed by atoms with Gasteiger partial charge in [0.25, 0.3) is 0 Å². The predicted octanol–water partition coefficient (Wildman–Crippen LogP) is 4.99. The van der Waals surface area contributed by atoms with Gasteiger partial charge in [0.2, 0.25) is 0 Å². The summed E-state index contributed by atoms with van der Waals surface area (Å²) < 4.78 is 10.5. The van der Waals surface area contributed by atoms with Crippen LogP contribution in [-0.2, 0) is 19.8 Å². The lowest BCUT2D eigenvalue weighted by atomic mass is 10.2. The molecule has 0 unspecified atom stereocenters. The lowest BCUT2D eigenvalue weighted by Crippen LogP contribution is -2.22. The maximum Gasteiger partial charge on any atom is 0.199 e. The summed E-state index contributed by atoms with van der Waals surface area (Å²) in [7, 11) is 2.09. The molecule has 0 amide bonds. The second-order valence-corrected chi connectivity index (χ2v) is 8.25. The highest BCUT2D eigenvalue weighted by Gasteiger charge is 2.30. The molecule has 0 aliphatic heterocycles. The first-order valence-corrected chi connectivity index (χ1v) is 10.8. The molecule has 30 heavy (non-hydrogen) atoms. The van der Waals surface area contributed by atoms with Crippen molar-refractivity contribution in [3.05, 3.63) is 89.0 Å². The Bertz CT molecular complexity index is 1040. The zero-order valence-electron chi connectivity index (χ0n) is 17.4. The third-order valence-electron chi connectivity index (χ3n) is 5.20. The smallest absolute Gasteiger partial charge is 0.199 e. The number of aromatic nitrogens is 3. The van der Waals surface area contributed by atoms with E-state index < -0.39 is 0 Å². The summed E-state index contributed by atoms with van der Waals surface area (Å²) >= 11 is 5.81. The zero-order chi connectivity index (χ0) is 20.9. The molecule has 156 valence electrons. The summed E-state index contributed by atoms with van der Waals surface area (Å²) in [4.78, 5) is 2.23. The first-order valence-electron chi connectivity index (χ1n) is 10.4. The molecule has 1 fully saturated rings. The number of rotatable bonds is 10. The molecule has 0 radical (unpaired) electrons. The van der Waals surface area contributed by atoms with E-state index in [2.05, 4.69) is 59.5 Å². The Labute approximate surface area is 183 Å². The highest BCUT2D eigenvalue weighted by molar-refractivity contribution is 7.71. The maximum absolute atomic E-state index is 5.81. The topological polar surface area (TPSA) is 35.2 Å². The SMILES string of the molecule is C=CCOc1ccc(CN(C)Cn2nc(C3CC3)n(Cc3ccccc3)c2=S)cc1. The minimum absolute atomic E-state index is 0.520. The van der Waals surface area contributed by atoms with Gasteiger partial charge in [0.1, 0.15) is 18.2 Å². The molecule has 1 aromatic heterocycles. The van der Waals surface area contributed by atoms with Crippen molar-refractivity contribution in [3.63, 3.8) is 0 Å². The van der Waals surface area contributed by atoms with Gasteiger partial charge in [0.05, 0.1) is 13.2 Å². The average molecular weight is 421 g/mol. The summed E-state index contributed by atoms with van der Waals surface area (Å²) in [5, 5.41) is 4.90. The first kappa shape index (κ1) is 20.6. The fourth-order valence-electron chi connectivity index (χ4n) is 3.54. The number of ether oxygens (including phenoxy) is 1. The standard InChI is InChI=1S/C24H28N4OS/c1-3-15-29-22-13-9-20(10-14-22)16-26(2)18-28-24(30)27(23(25-28)21-11-12-21)17-19-7-5-4-6-8-19/h3-10,13-14,21H,1,11-12,15-18H2,2H3. The Kier molecular flexibility index (Phi) is 6.45. The molecule has 0 spiro atoms. The molecule has 0 N–H and O–H groups in total. The van der Waals surface area contributed by atoms with E-state index in [1.54, 1.807) is 6.08 Å². The van der Waals surface area contributed by atoms with Crippen molar-refractivity contribution < 1.29 is 4.74 Å². The van der Waals surface area contributed by atoms with Crippen LogP contribution < -0.4 is 4.74 Å². The van der Waals surface area contributed by atoms with E-state index in [1.165, 1.54) is 24.0 Å². The Morgan fingerprint density at radius 3 is 2.53 bits per heavy atom. The number of hydrogen-bond acceptors (Lipinski definition) is 4. The van der Waals surface area contributed by atoms with Crippen molar-refractivity contribution in [1.29, 1.82) is 0 Å². The van der Waals surface area contributed by atoms with Crippen LogP contribution in [0, 0.1) is 4.77 Å². The fraction of sp³-hybridized carbons (Fsp3) is 0.333. The van der Waals surface area contributed by atoms with Gasteiger partial charge in [-0.25, -0.2) is 4.68 Å². The Hall–Kier alpha value is -2.70. The quantitative estimate of drug-likeness (QED) is 0.342. The number of hydrogen-bond donors (Lipinski definition) is 0. The van der Waals surface area contributed by atoms with Gasteiger partial charge in [-0.15, -0.1) is 0 Å². The molecule has 0 bridgehead atoms. The third kappa shape index (κ3) is 5.07. The Morgan fingerprint density at radius 2 is 1.87 bits per heavy atom. The fourth-order valence-corrected chi connectivity index (χ4v) is 3.80. The highest BCUT2D eigenvalue weighted by Crippen LogP contribution is 2.39. The number of nitrogens with zero attached hydrogens (tertiary/aromatic N) is 4. The van der Waals surface area contributed by atoms with E-state index in [0.717, 1.165) is 29.4 Å². The molecule has 1 saturated carbocycles. The normalized spacial score (nSPS) is 13.5. The molecule has 0 saturated heterocycles. The van der Waals surface area contributed by atoms with Crippen LogP contribution in [0.1, 0.15) is 35.7 Å². The van der Waals surface area contributed by atoms with Crippen LogP contribution in [0.3, 0.4) is 0 Å². The Balaban J connectivity index is 1.45. The largest absolute Gasteiger partial charge is 0.490 e. The molecule has 5 nitrogen and oxygen atoms in total. The van der Waals surface area contributed by atoms with Crippen LogP contribution >= 0.6 is 12.2 Å². The van der Waals surface area contributed by atoms with Crippen LogP contribution in [0.4, 0.5) is 0 Å². The Morgan fingerprint density at radius 1 is 1.13 bits per heavy atom. The average Bonchev–Trinajstić information content (AvgIpc) is 3.56. The minimum atomic E-state index is 0.520. The van der Waals surface area contributed by atoms with Crippen molar-refractivity contribution in [2.75, 3.05) is 13.7 Å². The lowest BCUT2D eigenvalue weighted by Gasteiger charge is -2.16. The van der Waals surface area contributed by atoms with Crippen molar-refractivity contribution in [3.8, 4) is 5.75 Å². The van der Waals surface area contributed by atoms with E-state index in [9.17, 15) is 0 Å². The van der Waals surface area contributed by atoms with Crippen LogP contribution in [0.5, 0.6) is 5.75 Å². The monoisotopic (exact) mass is 420 g/mol. The van der Waals surface area contributed by atoms with Gasteiger partial charge >= 0.3 is 0 Å². The molecular weight excluding hydrogens is 392 g/mol. The molecule has 6 heteroatoms. The summed E-state index contributed by atoms with van der Waals surface area (Å²) in [5.41, 5.74) is 2.48. The van der Waals surface area contributed by atoms with Gasteiger partial charge < -0.3 is 4.74 Å². The van der Waals surface area contributed by atoms with Crippen LogP contribution in [-0.4, -0.2) is 32.9 Å². The van der Waals surface area contributed by atoms with E-state index in [4.69, 9.17) is 22.1 Å². The summed E-state index contributed by atoms with van der Waals surface area (Å²) in [6.07, 6.45) is 4.16. The summed E-state index contributed by atoms with van der Waals surface area (Å²) in [6, 6.07) is 18.7. The lowest BCUT2D eigenvalue weighted by molar-refractivity contribution is 0.243. The molecule has 0 atom stereocenters. The minimum Gasteiger partial charge on any atom is -0.490 e. The molecular formula is C24H28N4OS. The third-order valence-corrected chi connectivity index (χ3v) is 5.63. The molecule has 1 aliphatic carbocycles. The van der Waals surface area contributed by atoms with Crippen molar-refractivity contribution in [1.82, 2.24) is 19.2 Å². The van der Waals surface area contributed by atoms with E-state index in [1.807, 2.05) is 22.9 Å². The van der Waals surface area contributed by atoms with Gasteiger partial charge in [-0.2, -0.15) is 5.10 Å². The highest BCUT2D eigenvalue weighted by atomic mass is 32.1. The van der Waals surface area contributed by atoms with E-state index in [-0.39, 0.29) is 0 Å². The van der Waals surface area contributed by atoms with Gasteiger partial charge in [-0.3, -0.25) is 9.47 Å². The van der Waals surface area contributed by atoms with Crippen molar-refractivity contribution in [2.24, 2.45) is 0 Å². The predicted molar refractivity (Wildman–Crippen MR) is 122 cm³/mol. The van der Waals surface area contributed by atoms with Crippen LogP contribution in [0.15, 0.2) is 67.3 Å². The first-order chi connectivity index (χ1) is 14.6. The van der Waals surface area contributed by atoms with Crippen molar-refractivity contribution in [2.45, 2.75) is 38.5 Å². The summed E-state index contributed by atoms with van der Waals surface area (Å²) in [6.45, 7) is 6.45. The second-order valence-electron chi connectivity index (χ2n) is 7.89. The summed E-state index contributed by atoms with van der Waals surface area (Å²) in [5.74, 6) is 2.53. The molecule has 4 rings (SSSR count). The van der Waals surface area contributed by atoms with Gasteiger partial charge in [0.15, 0.2) is 4.77 Å². The second kappa shape index (κ2) is 9.41. The number of benzene rings is 2. The van der Waals surface area contributed by atoms with Crippen molar-refractivity contribution >= 4 is 12.2 Å². The zero-order valence-corrected chi connectivity index (χ0v) is 18.2. The van der Waals surface area contributed by atoms with Crippen LogP contribution in [0.2, 0.25) is 0 Å². The molecule has 1 heterocycles. The van der Waals surface area contributed by atoms with E-state index >= 15 is 0 Å². The maximum atomic E-state index is 5.81. The van der Waals surface area contributed by atoms with Gasteiger partial charge in [-0.1, -0.05) is 55.1 Å². The van der Waals surface area contributed by atoms with Gasteiger partial charge in [0, 0.05) is 12.5 Å². The molecule has 2 aromatic carbocycles. The van der Waals surface area contributed by atoms with Crippen LogP contribution in [0.25, 0.3) is 0 Å². The molecule has 3 aromatic rings. The van der Waals surface area contributed by atoms with E-state index in [0.29, 0.717) is 19.2 Å².